The minimum absolute atomic E-state index is 0.0578. The molecule has 1 amide bonds. The van der Waals surface area contributed by atoms with Crippen molar-refractivity contribution in [1.82, 2.24) is 19.5 Å². The van der Waals surface area contributed by atoms with Crippen molar-refractivity contribution in [2.24, 2.45) is 5.92 Å². The Bertz CT molecular complexity index is 833. The van der Waals surface area contributed by atoms with Crippen molar-refractivity contribution in [3.63, 3.8) is 0 Å². The van der Waals surface area contributed by atoms with E-state index in [1.165, 1.54) is 0 Å². The SMILES string of the molecule is CCCNc1ccc2nc(C3CC3)c(CN3CC(CC(F)F)CC3=O)n2n1. The molecule has 1 saturated carbocycles. The van der Waals surface area contributed by atoms with E-state index in [1.807, 2.05) is 16.6 Å². The molecule has 2 fully saturated rings. The first-order chi connectivity index (χ1) is 13.0. The van der Waals surface area contributed by atoms with Crippen LogP contribution in [0.3, 0.4) is 0 Å². The molecule has 1 unspecified atom stereocenters. The minimum atomic E-state index is -2.37. The van der Waals surface area contributed by atoms with E-state index in [-0.39, 0.29) is 24.7 Å². The zero-order valence-electron chi connectivity index (χ0n) is 15.5. The van der Waals surface area contributed by atoms with Gasteiger partial charge in [-0.1, -0.05) is 6.92 Å². The van der Waals surface area contributed by atoms with Crippen LogP contribution < -0.4 is 5.32 Å². The summed E-state index contributed by atoms with van der Waals surface area (Å²) in [6.07, 6.45) is 0.816. The molecule has 0 aromatic carbocycles. The second-order valence-corrected chi connectivity index (χ2v) is 7.60. The van der Waals surface area contributed by atoms with Gasteiger partial charge in [0.25, 0.3) is 0 Å². The molecular weight excluding hydrogens is 352 g/mol. The smallest absolute Gasteiger partial charge is 0.239 e. The summed E-state index contributed by atoms with van der Waals surface area (Å²) in [5.74, 6) is 0.866. The first-order valence-corrected chi connectivity index (χ1v) is 9.73. The molecule has 3 heterocycles. The third-order valence-corrected chi connectivity index (χ3v) is 5.27. The number of amides is 1. The van der Waals surface area contributed by atoms with Crippen molar-refractivity contribution < 1.29 is 13.6 Å². The lowest BCUT2D eigenvalue weighted by atomic mass is 10.1. The minimum Gasteiger partial charge on any atom is -0.369 e. The molecule has 0 spiro atoms. The van der Waals surface area contributed by atoms with Gasteiger partial charge in [-0.25, -0.2) is 18.3 Å². The van der Waals surface area contributed by atoms with Crippen molar-refractivity contribution >= 4 is 17.4 Å². The van der Waals surface area contributed by atoms with Crippen LogP contribution in [0.2, 0.25) is 0 Å². The van der Waals surface area contributed by atoms with Crippen molar-refractivity contribution in [2.45, 2.75) is 57.9 Å². The molecule has 146 valence electrons. The number of alkyl halides is 2. The summed E-state index contributed by atoms with van der Waals surface area (Å²) in [5.41, 5.74) is 2.68. The molecule has 2 aromatic heterocycles. The van der Waals surface area contributed by atoms with Crippen LogP contribution in [0.25, 0.3) is 5.65 Å². The van der Waals surface area contributed by atoms with Gasteiger partial charge < -0.3 is 10.2 Å². The fraction of sp³-hybridized carbons (Fsp3) is 0.632. The number of fused-ring (bicyclic) bond motifs is 1. The summed E-state index contributed by atoms with van der Waals surface area (Å²) in [5, 5.41) is 7.94. The fourth-order valence-electron chi connectivity index (χ4n) is 3.77. The zero-order valence-corrected chi connectivity index (χ0v) is 15.5. The first-order valence-electron chi connectivity index (χ1n) is 9.73. The number of anilines is 1. The fourth-order valence-corrected chi connectivity index (χ4v) is 3.77. The van der Waals surface area contributed by atoms with Crippen molar-refractivity contribution in [2.75, 3.05) is 18.4 Å². The number of halogens is 2. The molecule has 4 rings (SSSR count). The molecule has 2 aromatic rings. The number of aromatic nitrogens is 3. The molecule has 2 aliphatic rings. The van der Waals surface area contributed by atoms with Gasteiger partial charge in [0.05, 0.1) is 17.9 Å². The van der Waals surface area contributed by atoms with E-state index in [9.17, 15) is 13.6 Å². The molecule has 1 atom stereocenters. The average molecular weight is 377 g/mol. The first kappa shape index (κ1) is 18.1. The van der Waals surface area contributed by atoms with Crippen LogP contribution >= 0.6 is 0 Å². The lowest BCUT2D eigenvalue weighted by Gasteiger charge is -2.17. The van der Waals surface area contributed by atoms with Crippen LogP contribution in [0.5, 0.6) is 0 Å². The lowest BCUT2D eigenvalue weighted by Crippen LogP contribution is -2.26. The van der Waals surface area contributed by atoms with Gasteiger partial charge >= 0.3 is 0 Å². The molecule has 1 saturated heterocycles. The predicted molar refractivity (Wildman–Crippen MR) is 97.9 cm³/mol. The Morgan fingerprint density at radius 3 is 2.85 bits per heavy atom. The Labute approximate surface area is 156 Å². The maximum atomic E-state index is 12.7. The van der Waals surface area contributed by atoms with E-state index in [0.29, 0.717) is 19.0 Å². The van der Waals surface area contributed by atoms with Crippen LogP contribution in [-0.2, 0) is 11.3 Å². The summed E-state index contributed by atoms with van der Waals surface area (Å²) >= 11 is 0. The van der Waals surface area contributed by atoms with E-state index in [4.69, 9.17) is 4.98 Å². The number of hydrogen-bond donors (Lipinski definition) is 1. The number of nitrogens with one attached hydrogen (secondary N) is 1. The predicted octanol–water partition coefficient (Wildman–Crippen LogP) is 3.43. The monoisotopic (exact) mass is 377 g/mol. The maximum absolute atomic E-state index is 12.7. The van der Waals surface area contributed by atoms with E-state index >= 15 is 0 Å². The van der Waals surface area contributed by atoms with Gasteiger partial charge in [-0.05, 0) is 37.3 Å². The van der Waals surface area contributed by atoms with Gasteiger partial charge in [-0.2, -0.15) is 0 Å². The normalized spacial score (nSPS) is 20.2. The third-order valence-electron chi connectivity index (χ3n) is 5.27. The van der Waals surface area contributed by atoms with E-state index < -0.39 is 6.43 Å². The Balaban J connectivity index is 1.61. The van der Waals surface area contributed by atoms with Crippen LogP contribution in [0.15, 0.2) is 12.1 Å². The van der Waals surface area contributed by atoms with Gasteiger partial charge in [0.1, 0.15) is 5.82 Å². The quantitative estimate of drug-likeness (QED) is 0.766. The third kappa shape index (κ3) is 3.89. The van der Waals surface area contributed by atoms with Crippen molar-refractivity contribution in [3.05, 3.63) is 23.5 Å². The average Bonchev–Trinajstić information content (AvgIpc) is 3.33. The van der Waals surface area contributed by atoms with Crippen LogP contribution in [0, 0.1) is 5.92 Å². The molecule has 8 heteroatoms. The van der Waals surface area contributed by atoms with Crippen molar-refractivity contribution in [1.29, 1.82) is 0 Å². The number of imidazole rings is 1. The van der Waals surface area contributed by atoms with E-state index in [0.717, 1.165) is 48.7 Å². The molecule has 6 nitrogen and oxygen atoms in total. The Kier molecular flexibility index (Phi) is 4.97. The second kappa shape index (κ2) is 7.40. The highest BCUT2D eigenvalue weighted by Crippen LogP contribution is 2.42. The number of rotatable bonds is 8. The van der Waals surface area contributed by atoms with Crippen molar-refractivity contribution in [3.8, 4) is 0 Å². The summed E-state index contributed by atoms with van der Waals surface area (Å²) in [4.78, 5) is 18.8. The van der Waals surface area contributed by atoms with Gasteiger partial charge in [0.2, 0.25) is 12.3 Å². The molecular formula is C19H25F2N5O. The molecule has 0 bridgehead atoms. The van der Waals surface area contributed by atoms with E-state index in [1.54, 1.807) is 4.90 Å². The summed E-state index contributed by atoms with van der Waals surface area (Å²) in [7, 11) is 0. The topological polar surface area (TPSA) is 62.5 Å². The number of hydrogen-bond acceptors (Lipinski definition) is 4. The highest BCUT2D eigenvalue weighted by Gasteiger charge is 2.35. The zero-order chi connectivity index (χ0) is 19.0. The molecule has 1 N–H and O–H groups in total. The number of carbonyl (C=O) groups excluding carboxylic acids is 1. The Morgan fingerprint density at radius 1 is 1.33 bits per heavy atom. The van der Waals surface area contributed by atoms with Gasteiger partial charge in [0, 0.05) is 31.8 Å². The standard InChI is InChI=1S/C19H25F2N5O/c1-2-7-22-16-5-6-17-23-19(13-3-4-13)14(26(17)24-16)11-25-10-12(8-15(20)21)9-18(25)27/h5-6,12-13,15H,2-4,7-11H2,1H3,(H,22,24). The second-order valence-electron chi connectivity index (χ2n) is 7.60. The molecule has 27 heavy (non-hydrogen) atoms. The highest BCUT2D eigenvalue weighted by molar-refractivity contribution is 5.78. The summed E-state index contributed by atoms with van der Waals surface area (Å²) < 4.78 is 27.2. The molecule has 1 aliphatic carbocycles. The van der Waals surface area contributed by atoms with Crippen LogP contribution in [0.4, 0.5) is 14.6 Å². The highest BCUT2D eigenvalue weighted by atomic mass is 19.3. The van der Waals surface area contributed by atoms with Gasteiger partial charge in [0.15, 0.2) is 5.65 Å². The Morgan fingerprint density at radius 2 is 2.15 bits per heavy atom. The Hall–Kier alpha value is -2.25. The van der Waals surface area contributed by atoms with E-state index in [2.05, 4.69) is 17.3 Å². The number of carbonyl (C=O) groups is 1. The molecule has 1 aliphatic heterocycles. The van der Waals surface area contributed by atoms with Crippen LogP contribution in [-0.4, -0.2) is 44.9 Å². The summed E-state index contributed by atoms with van der Waals surface area (Å²) in [6, 6.07) is 3.85. The lowest BCUT2D eigenvalue weighted by molar-refractivity contribution is -0.128. The van der Waals surface area contributed by atoms with Crippen LogP contribution in [0.1, 0.15) is 56.3 Å². The maximum Gasteiger partial charge on any atom is 0.239 e. The molecule has 0 radical (unpaired) electrons. The summed E-state index contributed by atoms with van der Waals surface area (Å²) in [6.45, 7) is 3.69. The largest absolute Gasteiger partial charge is 0.369 e. The van der Waals surface area contributed by atoms with Gasteiger partial charge in [-0.3, -0.25) is 4.79 Å². The van der Waals surface area contributed by atoms with Gasteiger partial charge in [-0.15, -0.1) is 5.10 Å². The number of nitrogens with zero attached hydrogens (tertiary/aromatic N) is 4. The number of likely N-dealkylation sites (tertiary alicyclic amines) is 1.